The Balaban J connectivity index is 1.92. The molecule has 0 spiro atoms. The molecule has 0 bridgehead atoms. The van der Waals surface area contributed by atoms with Crippen molar-refractivity contribution in [1.82, 2.24) is 4.90 Å². The SMILES string of the molecule is CC(C)(C)c1cc(/C=C2\SC(=O)N(CCc3ccccc3)C2=O)cc(C(C)(C)C)c1O. The first-order chi connectivity index (χ1) is 14.4. The molecule has 4 nitrogen and oxygen atoms in total. The van der Waals surface area contributed by atoms with Crippen LogP contribution in [0, 0.1) is 0 Å². The van der Waals surface area contributed by atoms with E-state index < -0.39 is 0 Å². The van der Waals surface area contributed by atoms with Gasteiger partial charge in [0.15, 0.2) is 0 Å². The van der Waals surface area contributed by atoms with Gasteiger partial charge < -0.3 is 5.11 Å². The summed E-state index contributed by atoms with van der Waals surface area (Å²) in [5.74, 6) is 0.0433. The molecule has 1 aliphatic heterocycles. The standard InChI is InChI=1S/C26H31NO3S/c1-25(2,3)19-14-18(15-20(22(19)28)26(4,5)6)16-21-23(29)27(24(30)31-21)13-12-17-10-8-7-9-11-17/h7-11,14-16,28H,12-13H2,1-6H3/b21-16-. The lowest BCUT2D eigenvalue weighted by atomic mass is 9.78. The van der Waals surface area contributed by atoms with Gasteiger partial charge in [0.25, 0.3) is 11.1 Å². The number of amides is 2. The molecule has 0 radical (unpaired) electrons. The predicted octanol–water partition coefficient (Wildman–Crippen LogP) is 6.27. The molecule has 0 unspecified atom stereocenters. The second kappa shape index (κ2) is 8.54. The molecular formula is C26H31NO3S. The second-order valence-corrected chi connectivity index (χ2v) is 11.0. The first-order valence-corrected chi connectivity index (χ1v) is 11.4. The third-order valence-electron chi connectivity index (χ3n) is 5.39. The minimum Gasteiger partial charge on any atom is -0.507 e. The first-order valence-electron chi connectivity index (χ1n) is 10.5. The lowest BCUT2D eigenvalue weighted by Crippen LogP contribution is -2.30. The van der Waals surface area contributed by atoms with E-state index in [4.69, 9.17) is 0 Å². The highest BCUT2D eigenvalue weighted by atomic mass is 32.2. The fourth-order valence-electron chi connectivity index (χ4n) is 3.61. The van der Waals surface area contributed by atoms with Crippen molar-refractivity contribution in [2.45, 2.75) is 58.8 Å². The number of carbonyl (C=O) groups is 2. The number of carbonyl (C=O) groups excluding carboxylic acids is 2. The normalized spacial score (nSPS) is 16.5. The Morgan fingerprint density at radius 3 is 2.00 bits per heavy atom. The second-order valence-electron chi connectivity index (χ2n) is 10.0. The van der Waals surface area contributed by atoms with Crippen LogP contribution >= 0.6 is 11.8 Å². The largest absolute Gasteiger partial charge is 0.507 e. The Morgan fingerprint density at radius 1 is 0.935 bits per heavy atom. The smallest absolute Gasteiger partial charge is 0.293 e. The highest BCUT2D eigenvalue weighted by Crippen LogP contribution is 2.41. The van der Waals surface area contributed by atoms with Crippen LogP contribution < -0.4 is 0 Å². The Kier molecular flexibility index (Phi) is 6.38. The minimum atomic E-state index is -0.261. The van der Waals surface area contributed by atoms with E-state index in [0.717, 1.165) is 34.0 Å². The molecule has 31 heavy (non-hydrogen) atoms. The minimum absolute atomic E-state index is 0.238. The van der Waals surface area contributed by atoms with E-state index in [0.29, 0.717) is 23.6 Å². The monoisotopic (exact) mass is 437 g/mol. The van der Waals surface area contributed by atoms with Crippen molar-refractivity contribution in [2.75, 3.05) is 6.54 Å². The molecule has 0 aliphatic carbocycles. The van der Waals surface area contributed by atoms with Gasteiger partial charge in [-0.1, -0.05) is 71.9 Å². The third-order valence-corrected chi connectivity index (χ3v) is 6.29. The van der Waals surface area contributed by atoms with Crippen LogP contribution in [-0.2, 0) is 22.0 Å². The predicted molar refractivity (Wildman–Crippen MR) is 128 cm³/mol. The van der Waals surface area contributed by atoms with E-state index in [9.17, 15) is 14.7 Å². The summed E-state index contributed by atoms with van der Waals surface area (Å²) in [7, 11) is 0. The summed E-state index contributed by atoms with van der Waals surface area (Å²) in [5.41, 5.74) is 3.05. The lowest BCUT2D eigenvalue weighted by Gasteiger charge is -2.28. The fraction of sp³-hybridized carbons (Fsp3) is 0.385. The van der Waals surface area contributed by atoms with Crippen LogP contribution in [0.3, 0.4) is 0 Å². The maximum atomic E-state index is 12.9. The van der Waals surface area contributed by atoms with Crippen molar-refractivity contribution in [1.29, 1.82) is 0 Å². The summed E-state index contributed by atoms with van der Waals surface area (Å²) in [4.78, 5) is 27.2. The molecule has 1 aliphatic rings. The molecule has 0 atom stereocenters. The van der Waals surface area contributed by atoms with Crippen LogP contribution in [0.5, 0.6) is 5.75 Å². The van der Waals surface area contributed by atoms with Crippen LogP contribution in [0.25, 0.3) is 6.08 Å². The molecule has 0 aromatic heterocycles. The number of hydrogen-bond donors (Lipinski definition) is 1. The van der Waals surface area contributed by atoms with Crippen molar-refractivity contribution in [3.8, 4) is 5.75 Å². The van der Waals surface area contributed by atoms with Crippen molar-refractivity contribution < 1.29 is 14.7 Å². The van der Waals surface area contributed by atoms with Gasteiger partial charge in [-0.2, -0.15) is 0 Å². The highest BCUT2D eigenvalue weighted by Gasteiger charge is 2.35. The summed E-state index contributed by atoms with van der Waals surface area (Å²) in [6, 6.07) is 13.7. The molecule has 2 aromatic carbocycles. The summed E-state index contributed by atoms with van der Waals surface area (Å²) in [6.07, 6.45) is 2.41. The molecule has 1 saturated heterocycles. The van der Waals surface area contributed by atoms with E-state index in [1.165, 1.54) is 4.90 Å². The van der Waals surface area contributed by atoms with Crippen LogP contribution in [0.15, 0.2) is 47.4 Å². The maximum absolute atomic E-state index is 12.9. The van der Waals surface area contributed by atoms with Gasteiger partial charge in [-0.25, -0.2) is 0 Å². The van der Waals surface area contributed by atoms with Gasteiger partial charge >= 0.3 is 0 Å². The zero-order valence-corrected chi connectivity index (χ0v) is 20.0. The molecule has 3 rings (SSSR count). The molecule has 0 saturated carbocycles. The van der Waals surface area contributed by atoms with Crippen LogP contribution in [0.2, 0.25) is 0 Å². The van der Waals surface area contributed by atoms with E-state index in [2.05, 4.69) is 41.5 Å². The van der Waals surface area contributed by atoms with Crippen molar-refractivity contribution in [2.24, 2.45) is 0 Å². The van der Waals surface area contributed by atoms with Gasteiger partial charge in [-0.05, 0) is 58.3 Å². The summed E-state index contributed by atoms with van der Waals surface area (Å²) in [6.45, 7) is 12.7. The molecule has 164 valence electrons. The van der Waals surface area contributed by atoms with Gasteiger partial charge in [0.1, 0.15) is 5.75 Å². The van der Waals surface area contributed by atoms with Crippen molar-refractivity contribution in [3.05, 3.63) is 69.6 Å². The van der Waals surface area contributed by atoms with E-state index >= 15 is 0 Å². The number of imide groups is 1. The number of aromatic hydroxyl groups is 1. The summed E-state index contributed by atoms with van der Waals surface area (Å²) in [5, 5.41) is 10.7. The van der Waals surface area contributed by atoms with Gasteiger partial charge in [0, 0.05) is 17.7 Å². The third kappa shape index (κ3) is 5.21. The van der Waals surface area contributed by atoms with Gasteiger partial charge in [-0.3, -0.25) is 14.5 Å². The number of thioether (sulfide) groups is 1. The maximum Gasteiger partial charge on any atom is 0.293 e. The first kappa shape index (κ1) is 23.1. The number of nitrogens with zero attached hydrogens (tertiary/aromatic N) is 1. The van der Waals surface area contributed by atoms with Crippen molar-refractivity contribution >= 4 is 29.0 Å². The van der Waals surface area contributed by atoms with E-state index in [-0.39, 0.29) is 22.0 Å². The van der Waals surface area contributed by atoms with Gasteiger partial charge in [0.2, 0.25) is 0 Å². The molecule has 1 fully saturated rings. The Hall–Kier alpha value is -2.53. The van der Waals surface area contributed by atoms with Crippen molar-refractivity contribution in [3.63, 3.8) is 0 Å². The highest BCUT2D eigenvalue weighted by molar-refractivity contribution is 8.18. The van der Waals surface area contributed by atoms with Crippen LogP contribution in [-0.4, -0.2) is 27.7 Å². The zero-order valence-electron chi connectivity index (χ0n) is 19.2. The van der Waals surface area contributed by atoms with E-state index in [1.807, 2.05) is 42.5 Å². The van der Waals surface area contributed by atoms with E-state index in [1.54, 1.807) is 6.08 Å². The fourth-order valence-corrected chi connectivity index (χ4v) is 4.48. The number of phenols is 1. The average Bonchev–Trinajstić information content (AvgIpc) is 2.93. The summed E-state index contributed by atoms with van der Waals surface area (Å²) < 4.78 is 0. The van der Waals surface area contributed by atoms with Crippen LogP contribution in [0.1, 0.15) is 63.8 Å². The Morgan fingerprint density at radius 2 is 1.48 bits per heavy atom. The number of phenolic OH excluding ortho intramolecular Hbond substituents is 1. The molecule has 2 amide bonds. The van der Waals surface area contributed by atoms with Gasteiger partial charge in [0.05, 0.1) is 4.91 Å². The quantitative estimate of drug-likeness (QED) is 0.573. The average molecular weight is 438 g/mol. The number of benzene rings is 2. The molecule has 2 aromatic rings. The Bertz CT molecular complexity index is 992. The molecule has 1 heterocycles. The topological polar surface area (TPSA) is 57.6 Å². The Labute approximate surface area is 189 Å². The molecular weight excluding hydrogens is 406 g/mol. The zero-order chi connectivity index (χ0) is 23.0. The number of rotatable bonds is 4. The number of hydrogen-bond acceptors (Lipinski definition) is 4. The van der Waals surface area contributed by atoms with Gasteiger partial charge in [-0.15, -0.1) is 0 Å². The molecule has 1 N–H and O–H groups in total. The summed E-state index contributed by atoms with van der Waals surface area (Å²) >= 11 is 0.979. The van der Waals surface area contributed by atoms with Crippen LogP contribution in [0.4, 0.5) is 4.79 Å². The lowest BCUT2D eigenvalue weighted by molar-refractivity contribution is -0.122. The molecule has 5 heteroatoms.